The lowest BCUT2D eigenvalue weighted by Crippen LogP contribution is -2.34. The Labute approximate surface area is 129 Å². The van der Waals surface area contributed by atoms with Gasteiger partial charge in [-0.3, -0.25) is 4.79 Å². The van der Waals surface area contributed by atoms with Crippen LogP contribution in [0.4, 0.5) is 5.69 Å². The van der Waals surface area contributed by atoms with Crippen LogP contribution < -0.4 is 4.90 Å². The van der Waals surface area contributed by atoms with Crippen molar-refractivity contribution >= 4 is 11.6 Å². The first-order valence-electron chi connectivity index (χ1n) is 8.06. The van der Waals surface area contributed by atoms with Gasteiger partial charge in [-0.25, -0.2) is 0 Å². The van der Waals surface area contributed by atoms with Crippen LogP contribution in [0.2, 0.25) is 0 Å². The first-order valence-corrected chi connectivity index (χ1v) is 8.06. The van der Waals surface area contributed by atoms with E-state index in [4.69, 9.17) is 0 Å². The van der Waals surface area contributed by atoms with Gasteiger partial charge < -0.3 is 9.80 Å². The van der Waals surface area contributed by atoms with Crippen LogP contribution >= 0.6 is 0 Å². The lowest BCUT2D eigenvalue weighted by molar-refractivity contribution is 0.0773. The molecule has 0 N–H and O–H groups in total. The number of anilines is 1. The van der Waals surface area contributed by atoms with Crippen molar-refractivity contribution in [1.29, 1.82) is 0 Å². The largest absolute Gasteiger partial charge is 0.369 e. The normalized spacial score (nSPS) is 11.0. The Bertz CT molecular complexity index is 433. The molecule has 0 saturated carbocycles. The van der Waals surface area contributed by atoms with Crippen molar-refractivity contribution in [2.75, 3.05) is 24.5 Å². The molecule has 0 unspecified atom stereocenters. The fraction of sp³-hybridized carbons (Fsp3) is 0.611. The summed E-state index contributed by atoms with van der Waals surface area (Å²) in [5.41, 5.74) is 1.96. The second-order valence-corrected chi connectivity index (χ2v) is 6.16. The van der Waals surface area contributed by atoms with Crippen LogP contribution in [0.15, 0.2) is 24.3 Å². The zero-order chi connectivity index (χ0) is 16.0. The van der Waals surface area contributed by atoms with Gasteiger partial charge in [0.1, 0.15) is 0 Å². The van der Waals surface area contributed by atoms with E-state index in [0.717, 1.165) is 25.2 Å². The molecule has 0 aromatic heterocycles. The molecule has 0 aliphatic heterocycles. The summed E-state index contributed by atoms with van der Waals surface area (Å²) >= 11 is 0. The van der Waals surface area contributed by atoms with Crippen molar-refractivity contribution in [1.82, 2.24) is 4.90 Å². The van der Waals surface area contributed by atoms with Gasteiger partial charge >= 0.3 is 0 Å². The summed E-state index contributed by atoms with van der Waals surface area (Å²) in [6, 6.07) is 8.49. The molecular formula is C18H30N2O. The van der Waals surface area contributed by atoms with E-state index in [1.54, 1.807) is 0 Å². The minimum Gasteiger partial charge on any atom is -0.369 e. The third kappa shape index (κ3) is 4.76. The molecule has 0 saturated heterocycles. The number of nitrogens with zero attached hydrogens (tertiary/aromatic N) is 2. The van der Waals surface area contributed by atoms with E-state index in [9.17, 15) is 4.79 Å². The Morgan fingerprint density at radius 2 is 1.52 bits per heavy atom. The summed E-state index contributed by atoms with van der Waals surface area (Å²) in [6.07, 6.45) is 0. The molecule has 118 valence electrons. The van der Waals surface area contributed by atoms with Crippen molar-refractivity contribution in [2.45, 2.75) is 47.6 Å². The highest BCUT2D eigenvalue weighted by molar-refractivity contribution is 5.94. The fourth-order valence-corrected chi connectivity index (χ4v) is 2.50. The molecule has 0 heterocycles. The lowest BCUT2D eigenvalue weighted by Gasteiger charge is -2.31. The van der Waals surface area contributed by atoms with Crippen LogP contribution in [0.1, 0.15) is 51.9 Å². The molecule has 0 spiro atoms. The Hall–Kier alpha value is -1.51. The molecule has 1 rings (SSSR count). The highest BCUT2D eigenvalue weighted by Crippen LogP contribution is 2.20. The molecule has 0 fully saturated rings. The number of carbonyl (C=O) groups is 1. The standard InChI is InChI=1S/C18H30N2O/c1-7-19(8-2)18(21)16-9-11-17(12-10-16)20(15(5)6)13-14(3)4/h9-12,14-15H,7-8,13H2,1-6H3. The predicted octanol–water partition coefficient (Wildman–Crippen LogP) is 4.04. The van der Waals surface area contributed by atoms with E-state index in [1.165, 1.54) is 5.69 Å². The van der Waals surface area contributed by atoms with Crippen LogP contribution in [0.25, 0.3) is 0 Å². The van der Waals surface area contributed by atoms with Gasteiger partial charge in [0.05, 0.1) is 0 Å². The summed E-state index contributed by atoms with van der Waals surface area (Å²) in [5, 5.41) is 0. The van der Waals surface area contributed by atoms with Crippen molar-refractivity contribution in [3.8, 4) is 0 Å². The van der Waals surface area contributed by atoms with Gasteiger partial charge in [-0.05, 0) is 57.9 Å². The third-order valence-corrected chi connectivity index (χ3v) is 3.68. The van der Waals surface area contributed by atoms with Gasteiger partial charge in [0, 0.05) is 36.9 Å². The quantitative estimate of drug-likeness (QED) is 0.756. The number of hydrogen-bond donors (Lipinski definition) is 0. The van der Waals surface area contributed by atoms with E-state index in [0.29, 0.717) is 12.0 Å². The van der Waals surface area contributed by atoms with E-state index >= 15 is 0 Å². The Morgan fingerprint density at radius 1 is 1.00 bits per heavy atom. The first kappa shape index (κ1) is 17.5. The smallest absolute Gasteiger partial charge is 0.253 e. The van der Waals surface area contributed by atoms with E-state index in [1.807, 2.05) is 30.9 Å². The van der Waals surface area contributed by atoms with Gasteiger partial charge in [-0.1, -0.05) is 13.8 Å². The summed E-state index contributed by atoms with van der Waals surface area (Å²) in [7, 11) is 0. The number of rotatable bonds is 7. The Kier molecular flexibility index (Phi) is 6.73. The van der Waals surface area contributed by atoms with E-state index in [-0.39, 0.29) is 5.91 Å². The molecule has 0 bridgehead atoms. The molecule has 1 aromatic rings. The van der Waals surface area contributed by atoms with Crippen LogP contribution in [-0.4, -0.2) is 36.5 Å². The summed E-state index contributed by atoms with van der Waals surface area (Å²) in [4.78, 5) is 16.5. The molecule has 3 nitrogen and oxygen atoms in total. The second kappa shape index (κ2) is 8.06. The number of hydrogen-bond acceptors (Lipinski definition) is 2. The SMILES string of the molecule is CCN(CC)C(=O)c1ccc(N(CC(C)C)C(C)C)cc1. The molecule has 0 aliphatic carbocycles. The zero-order valence-corrected chi connectivity index (χ0v) is 14.4. The molecule has 0 radical (unpaired) electrons. The Balaban J connectivity index is 2.92. The molecule has 1 amide bonds. The highest BCUT2D eigenvalue weighted by Gasteiger charge is 2.15. The van der Waals surface area contributed by atoms with Crippen molar-refractivity contribution in [3.63, 3.8) is 0 Å². The average molecular weight is 290 g/mol. The van der Waals surface area contributed by atoms with Crippen LogP contribution in [0, 0.1) is 5.92 Å². The zero-order valence-electron chi connectivity index (χ0n) is 14.4. The summed E-state index contributed by atoms with van der Waals surface area (Å²) in [5.74, 6) is 0.732. The minimum atomic E-state index is 0.117. The van der Waals surface area contributed by atoms with Gasteiger partial charge in [-0.15, -0.1) is 0 Å². The monoisotopic (exact) mass is 290 g/mol. The number of benzene rings is 1. The Morgan fingerprint density at radius 3 is 1.90 bits per heavy atom. The van der Waals surface area contributed by atoms with Gasteiger partial charge in [-0.2, -0.15) is 0 Å². The van der Waals surface area contributed by atoms with Crippen molar-refractivity contribution in [3.05, 3.63) is 29.8 Å². The number of carbonyl (C=O) groups excluding carboxylic acids is 1. The van der Waals surface area contributed by atoms with Crippen LogP contribution in [0.3, 0.4) is 0 Å². The molecular weight excluding hydrogens is 260 g/mol. The maximum atomic E-state index is 12.3. The summed E-state index contributed by atoms with van der Waals surface area (Å²) in [6.45, 7) is 15.4. The van der Waals surface area contributed by atoms with Gasteiger partial charge in [0.2, 0.25) is 0 Å². The lowest BCUT2D eigenvalue weighted by atomic mass is 10.1. The molecule has 0 aliphatic rings. The third-order valence-electron chi connectivity index (χ3n) is 3.68. The topological polar surface area (TPSA) is 23.6 Å². The van der Waals surface area contributed by atoms with Gasteiger partial charge in [0.25, 0.3) is 5.91 Å². The van der Waals surface area contributed by atoms with Gasteiger partial charge in [0.15, 0.2) is 0 Å². The molecule has 1 aromatic carbocycles. The molecule has 3 heteroatoms. The van der Waals surface area contributed by atoms with E-state index < -0.39 is 0 Å². The fourth-order valence-electron chi connectivity index (χ4n) is 2.50. The predicted molar refractivity (Wildman–Crippen MR) is 91.0 cm³/mol. The summed E-state index contributed by atoms with van der Waals surface area (Å²) < 4.78 is 0. The highest BCUT2D eigenvalue weighted by atomic mass is 16.2. The second-order valence-electron chi connectivity index (χ2n) is 6.16. The number of amides is 1. The first-order chi connectivity index (χ1) is 9.90. The van der Waals surface area contributed by atoms with Crippen LogP contribution in [-0.2, 0) is 0 Å². The average Bonchev–Trinajstić information content (AvgIpc) is 2.45. The molecule has 0 atom stereocenters. The van der Waals surface area contributed by atoms with Crippen molar-refractivity contribution < 1.29 is 4.79 Å². The minimum absolute atomic E-state index is 0.117. The van der Waals surface area contributed by atoms with Crippen LogP contribution in [0.5, 0.6) is 0 Å². The molecule has 21 heavy (non-hydrogen) atoms. The van der Waals surface area contributed by atoms with Crippen molar-refractivity contribution in [2.24, 2.45) is 5.92 Å². The maximum Gasteiger partial charge on any atom is 0.253 e. The van der Waals surface area contributed by atoms with E-state index in [2.05, 4.69) is 44.7 Å². The maximum absolute atomic E-state index is 12.3.